The quantitative estimate of drug-likeness (QED) is 0.591. The van der Waals surface area contributed by atoms with Gasteiger partial charge in [-0.25, -0.2) is 0 Å². The van der Waals surface area contributed by atoms with Crippen molar-refractivity contribution >= 4 is 6.21 Å². The van der Waals surface area contributed by atoms with Gasteiger partial charge >= 0.3 is 0 Å². The summed E-state index contributed by atoms with van der Waals surface area (Å²) in [5.41, 5.74) is 0.602. The minimum Gasteiger partial charge on any atom is -0.508 e. The molecule has 0 aliphatic rings. The molecule has 0 aliphatic carbocycles. The number of hydrogen-bond donors (Lipinski definition) is 2. The van der Waals surface area contributed by atoms with Crippen molar-refractivity contribution in [3.63, 3.8) is 0 Å². The summed E-state index contributed by atoms with van der Waals surface area (Å²) in [6.45, 7) is 0. The molecule has 0 saturated carbocycles. The SMILES string of the molecule is C/N=C\c1ccc(O)cc1O. The highest BCUT2D eigenvalue weighted by atomic mass is 16.3. The van der Waals surface area contributed by atoms with Crippen LogP contribution in [0.5, 0.6) is 11.5 Å². The molecule has 1 rings (SSSR count). The van der Waals surface area contributed by atoms with Gasteiger partial charge in [0.15, 0.2) is 0 Å². The summed E-state index contributed by atoms with van der Waals surface area (Å²) in [4.78, 5) is 3.73. The van der Waals surface area contributed by atoms with Crippen LogP contribution in [0.1, 0.15) is 5.56 Å². The third kappa shape index (κ3) is 1.70. The lowest BCUT2D eigenvalue weighted by atomic mass is 10.2. The molecule has 58 valence electrons. The van der Waals surface area contributed by atoms with Crippen molar-refractivity contribution in [1.82, 2.24) is 0 Å². The molecular formula is C8H9NO2. The predicted octanol–water partition coefficient (Wildman–Crippen LogP) is 1.15. The molecule has 11 heavy (non-hydrogen) atoms. The normalized spacial score (nSPS) is 10.6. The highest BCUT2D eigenvalue weighted by Crippen LogP contribution is 2.20. The van der Waals surface area contributed by atoms with E-state index in [0.717, 1.165) is 0 Å². The Labute approximate surface area is 64.6 Å². The van der Waals surface area contributed by atoms with Crippen LogP contribution in [0.2, 0.25) is 0 Å². The third-order valence-electron chi connectivity index (χ3n) is 1.28. The molecule has 0 saturated heterocycles. The molecule has 0 spiro atoms. The van der Waals surface area contributed by atoms with Crippen molar-refractivity contribution in [1.29, 1.82) is 0 Å². The Morgan fingerprint density at radius 2 is 2.09 bits per heavy atom. The van der Waals surface area contributed by atoms with Crippen molar-refractivity contribution in [2.75, 3.05) is 7.05 Å². The molecule has 1 aromatic rings. The minimum absolute atomic E-state index is 0.0376. The summed E-state index contributed by atoms with van der Waals surface area (Å²) in [5, 5.41) is 18.1. The zero-order valence-electron chi connectivity index (χ0n) is 6.15. The van der Waals surface area contributed by atoms with Crippen molar-refractivity contribution < 1.29 is 10.2 Å². The number of aliphatic imine (C=N–C) groups is 1. The summed E-state index contributed by atoms with van der Waals surface area (Å²) < 4.78 is 0. The van der Waals surface area contributed by atoms with E-state index in [1.165, 1.54) is 18.3 Å². The van der Waals surface area contributed by atoms with Gasteiger partial charge in [0.1, 0.15) is 11.5 Å². The van der Waals surface area contributed by atoms with Crippen LogP contribution in [-0.4, -0.2) is 23.5 Å². The summed E-state index contributed by atoms with van der Waals surface area (Å²) in [6, 6.07) is 4.37. The molecule has 0 radical (unpaired) electrons. The Bertz CT molecular complexity index is 281. The third-order valence-corrected chi connectivity index (χ3v) is 1.28. The van der Waals surface area contributed by atoms with Crippen LogP contribution in [0.4, 0.5) is 0 Å². The molecule has 3 heteroatoms. The predicted molar refractivity (Wildman–Crippen MR) is 43.3 cm³/mol. The van der Waals surface area contributed by atoms with Gasteiger partial charge < -0.3 is 10.2 Å². The number of nitrogens with zero attached hydrogens (tertiary/aromatic N) is 1. The van der Waals surface area contributed by atoms with E-state index < -0.39 is 0 Å². The lowest BCUT2D eigenvalue weighted by Crippen LogP contribution is -1.80. The smallest absolute Gasteiger partial charge is 0.128 e. The van der Waals surface area contributed by atoms with Gasteiger partial charge in [-0.05, 0) is 12.1 Å². The number of phenols is 2. The zero-order valence-corrected chi connectivity index (χ0v) is 6.15. The second-order valence-electron chi connectivity index (χ2n) is 2.13. The lowest BCUT2D eigenvalue weighted by molar-refractivity contribution is 0.450. The zero-order chi connectivity index (χ0) is 8.27. The molecule has 1 aromatic carbocycles. The van der Waals surface area contributed by atoms with Crippen LogP contribution >= 0.6 is 0 Å². The van der Waals surface area contributed by atoms with E-state index in [-0.39, 0.29) is 11.5 Å². The fourth-order valence-electron chi connectivity index (χ4n) is 0.780. The average Bonchev–Trinajstić information content (AvgIpc) is 1.95. The topological polar surface area (TPSA) is 52.8 Å². The van der Waals surface area contributed by atoms with E-state index in [0.29, 0.717) is 5.56 Å². The molecule has 2 N–H and O–H groups in total. The summed E-state index contributed by atoms with van der Waals surface area (Å²) in [7, 11) is 1.62. The van der Waals surface area contributed by atoms with E-state index in [4.69, 9.17) is 5.11 Å². The molecule has 0 amide bonds. The van der Waals surface area contributed by atoms with E-state index in [1.807, 2.05) is 0 Å². The first-order valence-electron chi connectivity index (χ1n) is 3.18. The second-order valence-corrected chi connectivity index (χ2v) is 2.13. The Morgan fingerprint density at radius 1 is 1.36 bits per heavy atom. The van der Waals surface area contributed by atoms with Crippen molar-refractivity contribution in [3.8, 4) is 11.5 Å². The number of benzene rings is 1. The van der Waals surface area contributed by atoms with E-state index in [9.17, 15) is 5.11 Å². The molecule has 0 heterocycles. The van der Waals surface area contributed by atoms with Crippen molar-refractivity contribution in [2.45, 2.75) is 0 Å². The highest BCUT2D eigenvalue weighted by Gasteiger charge is 1.97. The van der Waals surface area contributed by atoms with E-state index in [1.54, 1.807) is 13.1 Å². The van der Waals surface area contributed by atoms with Crippen molar-refractivity contribution in [2.24, 2.45) is 4.99 Å². The average molecular weight is 151 g/mol. The van der Waals surface area contributed by atoms with Crippen LogP contribution in [0.25, 0.3) is 0 Å². The molecule has 0 atom stereocenters. The molecule has 0 aromatic heterocycles. The van der Waals surface area contributed by atoms with Gasteiger partial charge in [0.2, 0.25) is 0 Å². The second kappa shape index (κ2) is 3.05. The molecule has 0 bridgehead atoms. The molecule has 0 unspecified atom stereocenters. The summed E-state index contributed by atoms with van der Waals surface area (Å²) in [6.07, 6.45) is 1.52. The van der Waals surface area contributed by atoms with Gasteiger partial charge in [0.05, 0.1) is 0 Å². The fraction of sp³-hybridized carbons (Fsp3) is 0.125. The van der Waals surface area contributed by atoms with Crippen LogP contribution < -0.4 is 0 Å². The maximum absolute atomic E-state index is 9.17. The summed E-state index contributed by atoms with van der Waals surface area (Å²) in [5.74, 6) is 0.0892. The van der Waals surface area contributed by atoms with Gasteiger partial charge in [-0.15, -0.1) is 0 Å². The Kier molecular flexibility index (Phi) is 2.11. The van der Waals surface area contributed by atoms with Gasteiger partial charge in [-0.1, -0.05) is 0 Å². The Morgan fingerprint density at radius 3 is 2.64 bits per heavy atom. The maximum Gasteiger partial charge on any atom is 0.128 e. The standard InChI is InChI=1S/C8H9NO2/c1-9-5-6-2-3-7(10)4-8(6)11/h2-5,10-11H,1H3/b9-5-. The van der Waals surface area contributed by atoms with Gasteiger partial charge in [-0.2, -0.15) is 0 Å². The molecular weight excluding hydrogens is 142 g/mol. The fourth-order valence-corrected chi connectivity index (χ4v) is 0.780. The maximum atomic E-state index is 9.17. The molecule has 0 aliphatic heterocycles. The number of aromatic hydroxyl groups is 2. The number of phenolic OH excluding ortho intramolecular Hbond substituents is 2. The van der Waals surface area contributed by atoms with E-state index in [2.05, 4.69) is 4.99 Å². The summed E-state index contributed by atoms with van der Waals surface area (Å²) >= 11 is 0. The van der Waals surface area contributed by atoms with Crippen LogP contribution in [-0.2, 0) is 0 Å². The Balaban J connectivity index is 3.09. The first kappa shape index (κ1) is 7.60. The highest BCUT2D eigenvalue weighted by molar-refractivity contribution is 5.83. The first-order valence-corrected chi connectivity index (χ1v) is 3.18. The minimum atomic E-state index is 0.0376. The van der Waals surface area contributed by atoms with Gasteiger partial charge in [0.25, 0.3) is 0 Å². The first-order chi connectivity index (χ1) is 5.24. The lowest BCUT2D eigenvalue weighted by Gasteiger charge is -1.97. The van der Waals surface area contributed by atoms with Gasteiger partial charge in [0, 0.05) is 24.9 Å². The molecule has 0 fully saturated rings. The van der Waals surface area contributed by atoms with Crippen LogP contribution in [0.15, 0.2) is 23.2 Å². The van der Waals surface area contributed by atoms with Gasteiger partial charge in [-0.3, -0.25) is 4.99 Å². The Hall–Kier alpha value is -1.51. The number of hydrogen-bond acceptors (Lipinski definition) is 3. The number of rotatable bonds is 1. The molecule has 3 nitrogen and oxygen atoms in total. The largest absolute Gasteiger partial charge is 0.508 e. The van der Waals surface area contributed by atoms with Crippen LogP contribution in [0.3, 0.4) is 0 Å². The van der Waals surface area contributed by atoms with E-state index >= 15 is 0 Å². The van der Waals surface area contributed by atoms with Crippen molar-refractivity contribution in [3.05, 3.63) is 23.8 Å². The van der Waals surface area contributed by atoms with Crippen LogP contribution in [0, 0.1) is 0 Å². The monoisotopic (exact) mass is 151 g/mol.